The van der Waals surface area contributed by atoms with Gasteiger partial charge in [0.1, 0.15) is 17.2 Å². The maximum Gasteiger partial charge on any atom is 0.229 e. The number of halogens is 1. The quantitative estimate of drug-likeness (QED) is 0.798. The molecule has 1 aliphatic heterocycles. The number of hydrogen-bond acceptors (Lipinski definition) is 5. The minimum absolute atomic E-state index is 0.0923. The molecule has 1 heterocycles. The smallest absolute Gasteiger partial charge is 0.229 e. The molecule has 1 fully saturated rings. The summed E-state index contributed by atoms with van der Waals surface area (Å²) in [7, 11) is 4.59. The summed E-state index contributed by atoms with van der Waals surface area (Å²) in [6.07, 6.45) is 0.0923. The van der Waals surface area contributed by atoms with Crippen LogP contribution in [0.15, 0.2) is 36.4 Å². The second-order valence-corrected chi connectivity index (χ2v) is 6.71. The van der Waals surface area contributed by atoms with Gasteiger partial charge in [0.15, 0.2) is 0 Å². The minimum atomic E-state index is -0.521. The molecule has 0 unspecified atom stereocenters. The highest BCUT2D eigenvalue weighted by molar-refractivity contribution is 6.31. The number of benzene rings is 2. The first kappa shape index (κ1) is 19.8. The molecule has 0 spiro atoms. The van der Waals surface area contributed by atoms with Gasteiger partial charge in [0, 0.05) is 24.1 Å². The molecule has 0 aromatic heterocycles. The Labute approximate surface area is 168 Å². The van der Waals surface area contributed by atoms with E-state index in [1.165, 1.54) is 14.2 Å². The van der Waals surface area contributed by atoms with E-state index in [9.17, 15) is 9.59 Å². The van der Waals surface area contributed by atoms with Crippen molar-refractivity contribution in [1.29, 1.82) is 0 Å². The standard InChI is InChI=1S/C20H21ClN2O5/c1-26-14-5-7-18(28-3)16(10-14)23-11-12(8-19(23)24)20(25)22-15-9-13(21)4-6-17(15)27-2/h4-7,9-10,12H,8,11H2,1-3H3,(H,22,25)/t12-/m0/s1. The lowest BCUT2D eigenvalue weighted by molar-refractivity contribution is -0.122. The van der Waals surface area contributed by atoms with Crippen molar-refractivity contribution in [2.75, 3.05) is 38.1 Å². The molecule has 2 aromatic rings. The van der Waals surface area contributed by atoms with Crippen LogP contribution in [0.3, 0.4) is 0 Å². The SMILES string of the molecule is COc1ccc(OC)c(N2C[C@@H](C(=O)Nc3cc(Cl)ccc3OC)CC2=O)c1. The first-order valence-corrected chi connectivity index (χ1v) is 9.01. The summed E-state index contributed by atoms with van der Waals surface area (Å²) in [5, 5.41) is 3.28. The van der Waals surface area contributed by atoms with Crippen LogP contribution in [0.1, 0.15) is 6.42 Å². The number of amides is 2. The van der Waals surface area contributed by atoms with E-state index in [4.69, 9.17) is 25.8 Å². The van der Waals surface area contributed by atoms with Gasteiger partial charge in [-0.15, -0.1) is 0 Å². The molecule has 148 valence electrons. The van der Waals surface area contributed by atoms with Crippen molar-refractivity contribution >= 4 is 34.8 Å². The first-order valence-electron chi connectivity index (χ1n) is 8.63. The normalized spacial score (nSPS) is 16.1. The number of nitrogens with one attached hydrogen (secondary N) is 1. The van der Waals surface area contributed by atoms with E-state index in [1.54, 1.807) is 48.4 Å². The first-order chi connectivity index (χ1) is 13.5. The number of hydrogen-bond donors (Lipinski definition) is 1. The zero-order chi connectivity index (χ0) is 20.3. The molecule has 2 amide bonds. The average molecular weight is 405 g/mol. The molecule has 8 heteroatoms. The summed E-state index contributed by atoms with van der Waals surface area (Å²) >= 11 is 6.01. The minimum Gasteiger partial charge on any atom is -0.497 e. The second kappa shape index (κ2) is 8.39. The van der Waals surface area contributed by atoms with Crippen molar-refractivity contribution in [2.45, 2.75) is 6.42 Å². The Kier molecular flexibility index (Phi) is 5.94. The van der Waals surface area contributed by atoms with Crippen molar-refractivity contribution in [2.24, 2.45) is 5.92 Å². The van der Waals surface area contributed by atoms with Crippen LogP contribution >= 0.6 is 11.6 Å². The van der Waals surface area contributed by atoms with Gasteiger partial charge in [0.05, 0.1) is 38.6 Å². The summed E-state index contributed by atoms with van der Waals surface area (Å²) in [6.45, 7) is 0.233. The highest BCUT2D eigenvalue weighted by Gasteiger charge is 2.36. The van der Waals surface area contributed by atoms with Crippen molar-refractivity contribution in [3.8, 4) is 17.2 Å². The van der Waals surface area contributed by atoms with Crippen LogP contribution in [0, 0.1) is 5.92 Å². The number of methoxy groups -OCH3 is 3. The predicted molar refractivity (Wildman–Crippen MR) is 107 cm³/mol. The molecule has 0 bridgehead atoms. The van der Waals surface area contributed by atoms with Crippen molar-refractivity contribution in [3.63, 3.8) is 0 Å². The van der Waals surface area contributed by atoms with Crippen LogP contribution in [0.4, 0.5) is 11.4 Å². The number of ether oxygens (including phenoxy) is 3. The summed E-state index contributed by atoms with van der Waals surface area (Å²) in [5.41, 5.74) is 1.03. The zero-order valence-corrected chi connectivity index (χ0v) is 16.6. The number of carbonyl (C=O) groups excluding carboxylic acids is 2. The third-order valence-electron chi connectivity index (χ3n) is 4.59. The molecule has 3 rings (SSSR count). The molecule has 0 radical (unpaired) electrons. The van der Waals surface area contributed by atoms with Crippen LogP contribution in [0.5, 0.6) is 17.2 Å². The third kappa shape index (κ3) is 3.99. The Morgan fingerprint density at radius 1 is 1.07 bits per heavy atom. The Hall–Kier alpha value is -2.93. The van der Waals surface area contributed by atoms with Gasteiger partial charge < -0.3 is 24.4 Å². The fourth-order valence-electron chi connectivity index (χ4n) is 3.14. The molecular weight excluding hydrogens is 384 g/mol. The second-order valence-electron chi connectivity index (χ2n) is 6.28. The van der Waals surface area contributed by atoms with E-state index in [0.717, 1.165) is 0 Å². The van der Waals surface area contributed by atoms with Crippen LogP contribution in [0.25, 0.3) is 0 Å². The number of nitrogens with zero attached hydrogens (tertiary/aromatic N) is 1. The molecule has 28 heavy (non-hydrogen) atoms. The Balaban J connectivity index is 1.80. The van der Waals surface area contributed by atoms with Gasteiger partial charge in [-0.25, -0.2) is 0 Å². The Bertz CT molecular complexity index is 902. The Morgan fingerprint density at radius 3 is 2.46 bits per heavy atom. The predicted octanol–water partition coefficient (Wildman–Crippen LogP) is 3.36. The highest BCUT2D eigenvalue weighted by atomic mass is 35.5. The maximum absolute atomic E-state index is 12.7. The maximum atomic E-state index is 12.7. The van der Waals surface area contributed by atoms with E-state index in [1.807, 2.05) is 0 Å². The highest BCUT2D eigenvalue weighted by Crippen LogP contribution is 2.36. The van der Waals surface area contributed by atoms with E-state index < -0.39 is 5.92 Å². The van der Waals surface area contributed by atoms with Gasteiger partial charge in [-0.05, 0) is 30.3 Å². The lowest BCUT2D eigenvalue weighted by atomic mass is 10.1. The zero-order valence-electron chi connectivity index (χ0n) is 15.8. The van der Waals surface area contributed by atoms with Gasteiger partial charge in [0.25, 0.3) is 0 Å². The molecule has 2 aromatic carbocycles. The summed E-state index contributed by atoms with van der Waals surface area (Å²) < 4.78 is 15.8. The molecular formula is C20H21ClN2O5. The van der Waals surface area contributed by atoms with Crippen molar-refractivity contribution < 1.29 is 23.8 Å². The molecule has 7 nitrogen and oxygen atoms in total. The van der Waals surface area contributed by atoms with Crippen LogP contribution in [0.2, 0.25) is 5.02 Å². The van der Waals surface area contributed by atoms with E-state index >= 15 is 0 Å². The van der Waals surface area contributed by atoms with Crippen molar-refractivity contribution in [1.82, 2.24) is 0 Å². The van der Waals surface area contributed by atoms with Crippen LogP contribution in [-0.2, 0) is 9.59 Å². The molecule has 0 saturated carbocycles. The number of anilines is 2. The number of rotatable bonds is 6. The van der Waals surface area contributed by atoms with Gasteiger partial charge in [0.2, 0.25) is 11.8 Å². The average Bonchev–Trinajstić information content (AvgIpc) is 3.09. The largest absolute Gasteiger partial charge is 0.497 e. The lowest BCUT2D eigenvalue weighted by Gasteiger charge is -2.20. The topological polar surface area (TPSA) is 77.1 Å². The van der Waals surface area contributed by atoms with E-state index in [-0.39, 0.29) is 24.8 Å². The van der Waals surface area contributed by atoms with Crippen LogP contribution < -0.4 is 24.4 Å². The van der Waals surface area contributed by atoms with Gasteiger partial charge in [-0.3, -0.25) is 9.59 Å². The van der Waals surface area contributed by atoms with E-state index in [0.29, 0.717) is 33.6 Å². The summed E-state index contributed by atoms with van der Waals surface area (Å²) in [4.78, 5) is 26.9. The van der Waals surface area contributed by atoms with Gasteiger partial charge in [-0.2, -0.15) is 0 Å². The molecule has 1 atom stereocenters. The van der Waals surface area contributed by atoms with E-state index in [2.05, 4.69) is 5.32 Å². The van der Waals surface area contributed by atoms with Gasteiger partial charge >= 0.3 is 0 Å². The molecule has 1 aliphatic rings. The lowest BCUT2D eigenvalue weighted by Crippen LogP contribution is -2.28. The van der Waals surface area contributed by atoms with Gasteiger partial charge in [-0.1, -0.05) is 11.6 Å². The van der Waals surface area contributed by atoms with Crippen LogP contribution in [-0.4, -0.2) is 39.7 Å². The fourth-order valence-corrected chi connectivity index (χ4v) is 3.31. The summed E-state index contributed by atoms with van der Waals surface area (Å²) in [5.74, 6) is 0.662. The molecule has 1 N–H and O–H groups in total. The Morgan fingerprint density at radius 2 is 1.79 bits per heavy atom. The third-order valence-corrected chi connectivity index (χ3v) is 4.83. The fraction of sp³-hybridized carbons (Fsp3) is 0.300. The monoisotopic (exact) mass is 404 g/mol. The van der Waals surface area contributed by atoms with Crippen molar-refractivity contribution in [3.05, 3.63) is 41.4 Å². The molecule has 0 aliphatic carbocycles. The number of carbonyl (C=O) groups is 2. The molecule has 1 saturated heterocycles. The summed E-state index contributed by atoms with van der Waals surface area (Å²) in [6, 6.07) is 10.1.